The third kappa shape index (κ3) is 4.55. The van der Waals surface area contributed by atoms with Crippen LogP contribution in [-0.4, -0.2) is 80.7 Å². The lowest BCUT2D eigenvalue weighted by Crippen LogP contribution is -2.60. The Labute approximate surface area is 177 Å². The van der Waals surface area contributed by atoms with Crippen LogP contribution in [0.2, 0.25) is 0 Å². The zero-order chi connectivity index (χ0) is 22.9. The summed E-state index contributed by atoms with van der Waals surface area (Å²) >= 11 is 0. The van der Waals surface area contributed by atoms with E-state index in [4.69, 9.17) is 9.47 Å². The number of carbonyl (C=O) groups is 1. The minimum Gasteiger partial charge on any atom is -0.384 e. The molecule has 1 fully saturated rings. The zero-order valence-electron chi connectivity index (χ0n) is 16.6. The minimum absolute atomic E-state index is 0.00980. The first kappa shape index (κ1) is 23.5. The molecule has 9 nitrogen and oxygen atoms in total. The van der Waals surface area contributed by atoms with E-state index in [0.717, 1.165) is 6.07 Å². The summed E-state index contributed by atoms with van der Waals surface area (Å²) in [6, 6.07) is 4.66. The summed E-state index contributed by atoms with van der Waals surface area (Å²) < 4.78 is 77.6. The number of alkyl halides is 3. The average molecular weight is 465 g/mol. The van der Waals surface area contributed by atoms with E-state index in [0.29, 0.717) is 6.08 Å². The van der Waals surface area contributed by atoms with Gasteiger partial charge in [0.25, 0.3) is 11.6 Å². The summed E-state index contributed by atoms with van der Waals surface area (Å²) in [6.07, 6.45) is -4.72. The van der Waals surface area contributed by atoms with Crippen LogP contribution in [0.1, 0.15) is 16.8 Å². The Kier molecular flexibility index (Phi) is 6.62. The molecule has 0 unspecified atom stereocenters. The number of methoxy groups -OCH3 is 1. The SMILES string of the molecule is COCCC1=C[C@@](O)(C(F)(F)F)N(C(=O)c2cccc(S(=O)(=O)N3CCOCC3)c2)N1. The van der Waals surface area contributed by atoms with Crippen LogP contribution in [0.15, 0.2) is 40.9 Å². The van der Waals surface area contributed by atoms with Crippen LogP contribution < -0.4 is 5.43 Å². The molecule has 0 bridgehead atoms. The number of hydrazine groups is 1. The van der Waals surface area contributed by atoms with Gasteiger partial charge < -0.3 is 14.6 Å². The molecular weight excluding hydrogens is 443 g/mol. The molecule has 2 aliphatic rings. The summed E-state index contributed by atoms with van der Waals surface area (Å²) in [7, 11) is -2.62. The fourth-order valence-corrected chi connectivity index (χ4v) is 4.63. The molecule has 0 saturated carbocycles. The number of amides is 1. The number of halogens is 3. The number of carbonyl (C=O) groups excluding carboxylic acids is 1. The maximum absolute atomic E-state index is 13.6. The molecule has 1 aromatic rings. The van der Waals surface area contributed by atoms with Crippen molar-refractivity contribution in [2.75, 3.05) is 40.0 Å². The van der Waals surface area contributed by atoms with Crippen LogP contribution in [0.4, 0.5) is 13.2 Å². The number of hydrogen-bond acceptors (Lipinski definition) is 7. The molecule has 0 aromatic heterocycles. The van der Waals surface area contributed by atoms with Gasteiger partial charge in [-0.2, -0.15) is 17.5 Å². The van der Waals surface area contributed by atoms with Gasteiger partial charge >= 0.3 is 6.18 Å². The fourth-order valence-electron chi connectivity index (χ4n) is 3.18. The van der Waals surface area contributed by atoms with Crippen LogP contribution in [0.3, 0.4) is 0 Å². The van der Waals surface area contributed by atoms with Gasteiger partial charge in [-0.15, -0.1) is 0 Å². The smallest absolute Gasteiger partial charge is 0.384 e. The van der Waals surface area contributed by atoms with Crippen molar-refractivity contribution in [2.24, 2.45) is 0 Å². The summed E-state index contributed by atoms with van der Waals surface area (Å²) in [4.78, 5) is 12.6. The summed E-state index contributed by atoms with van der Waals surface area (Å²) in [5, 5.41) is 10.3. The molecule has 2 N–H and O–H groups in total. The Balaban J connectivity index is 1.91. The number of nitrogens with zero attached hydrogens (tertiary/aromatic N) is 2. The minimum atomic E-state index is -5.21. The maximum Gasteiger partial charge on any atom is 0.442 e. The zero-order valence-corrected chi connectivity index (χ0v) is 17.4. The number of hydrogen-bond donors (Lipinski definition) is 2. The van der Waals surface area contributed by atoms with Crippen LogP contribution >= 0.6 is 0 Å². The number of benzene rings is 1. The topological polar surface area (TPSA) is 108 Å². The van der Waals surface area contributed by atoms with Gasteiger partial charge in [0.1, 0.15) is 0 Å². The van der Waals surface area contributed by atoms with E-state index in [1.54, 1.807) is 0 Å². The number of aliphatic hydroxyl groups is 1. The van der Waals surface area contributed by atoms with E-state index in [1.807, 2.05) is 0 Å². The van der Waals surface area contributed by atoms with Gasteiger partial charge in [-0.3, -0.25) is 10.2 Å². The molecule has 172 valence electrons. The molecule has 1 saturated heterocycles. The van der Waals surface area contributed by atoms with Gasteiger partial charge in [-0.25, -0.2) is 13.4 Å². The Hall–Kier alpha value is -2.19. The molecule has 31 heavy (non-hydrogen) atoms. The second kappa shape index (κ2) is 8.74. The molecule has 2 heterocycles. The lowest BCUT2D eigenvalue weighted by molar-refractivity contribution is -0.283. The number of sulfonamides is 1. The van der Waals surface area contributed by atoms with E-state index >= 15 is 0 Å². The maximum atomic E-state index is 13.6. The van der Waals surface area contributed by atoms with Crippen molar-refractivity contribution in [1.82, 2.24) is 14.7 Å². The standard InChI is InChI=1S/C18H22F3N3O6S/c1-29-8-5-14-12-17(26,18(19,20)21)24(22-14)16(25)13-3-2-4-15(11-13)31(27,28)23-6-9-30-10-7-23/h2-4,11-12,22,26H,5-10H2,1H3/t17-/m1/s1. The van der Waals surface area contributed by atoms with Crippen molar-refractivity contribution in [1.29, 1.82) is 0 Å². The van der Waals surface area contributed by atoms with Gasteiger partial charge in [0.15, 0.2) is 0 Å². The predicted molar refractivity (Wildman–Crippen MR) is 101 cm³/mol. The van der Waals surface area contributed by atoms with E-state index in [9.17, 15) is 31.5 Å². The first-order valence-electron chi connectivity index (χ1n) is 9.29. The molecule has 0 radical (unpaired) electrons. The van der Waals surface area contributed by atoms with Crippen LogP contribution in [0.5, 0.6) is 0 Å². The molecule has 1 amide bonds. The molecule has 13 heteroatoms. The highest BCUT2D eigenvalue weighted by molar-refractivity contribution is 7.89. The van der Waals surface area contributed by atoms with Crippen LogP contribution in [-0.2, 0) is 19.5 Å². The first-order valence-corrected chi connectivity index (χ1v) is 10.7. The Morgan fingerprint density at radius 3 is 2.61 bits per heavy atom. The van der Waals surface area contributed by atoms with E-state index in [2.05, 4.69) is 5.43 Å². The van der Waals surface area contributed by atoms with Crippen molar-refractivity contribution in [3.05, 3.63) is 41.6 Å². The molecule has 0 spiro atoms. The molecular formula is C18H22F3N3O6S. The average Bonchev–Trinajstić information content (AvgIpc) is 3.10. The van der Waals surface area contributed by atoms with Crippen LogP contribution in [0.25, 0.3) is 0 Å². The van der Waals surface area contributed by atoms with Crippen molar-refractivity contribution in [3.63, 3.8) is 0 Å². The Bertz CT molecular complexity index is 963. The van der Waals surface area contributed by atoms with Crippen molar-refractivity contribution in [2.45, 2.75) is 23.2 Å². The third-order valence-corrected chi connectivity index (χ3v) is 6.75. The van der Waals surface area contributed by atoms with E-state index in [1.165, 1.54) is 29.6 Å². The number of ether oxygens (including phenoxy) is 2. The van der Waals surface area contributed by atoms with Crippen LogP contribution in [0, 0.1) is 0 Å². The summed E-state index contributed by atoms with van der Waals surface area (Å²) in [5.74, 6) is -1.25. The van der Waals surface area contributed by atoms with Crippen molar-refractivity contribution in [3.8, 4) is 0 Å². The number of nitrogens with one attached hydrogen (secondary N) is 1. The van der Waals surface area contributed by atoms with Gasteiger partial charge in [0.2, 0.25) is 10.0 Å². The highest BCUT2D eigenvalue weighted by Crippen LogP contribution is 2.39. The lowest BCUT2D eigenvalue weighted by Gasteiger charge is -2.34. The largest absolute Gasteiger partial charge is 0.442 e. The highest BCUT2D eigenvalue weighted by atomic mass is 32.2. The van der Waals surface area contributed by atoms with Crippen molar-refractivity contribution < 1.29 is 41.0 Å². The summed E-state index contributed by atoms with van der Waals surface area (Å²) in [5.41, 5.74) is -1.75. The summed E-state index contributed by atoms with van der Waals surface area (Å²) in [6.45, 7) is 0.722. The van der Waals surface area contributed by atoms with E-state index < -0.39 is 27.8 Å². The quantitative estimate of drug-likeness (QED) is 0.641. The second-order valence-corrected chi connectivity index (χ2v) is 8.87. The Morgan fingerprint density at radius 2 is 2.00 bits per heavy atom. The number of rotatable bonds is 6. The Morgan fingerprint density at radius 1 is 1.32 bits per heavy atom. The predicted octanol–water partition coefficient (Wildman–Crippen LogP) is 0.839. The lowest BCUT2D eigenvalue weighted by atomic mass is 10.1. The monoisotopic (exact) mass is 465 g/mol. The van der Waals surface area contributed by atoms with Gasteiger partial charge in [0, 0.05) is 37.9 Å². The highest BCUT2D eigenvalue weighted by Gasteiger charge is 2.61. The molecule has 1 aromatic carbocycles. The van der Waals surface area contributed by atoms with Crippen molar-refractivity contribution >= 4 is 15.9 Å². The third-order valence-electron chi connectivity index (χ3n) is 4.86. The molecule has 2 aliphatic heterocycles. The van der Waals surface area contributed by atoms with E-state index in [-0.39, 0.29) is 60.5 Å². The normalized spacial score (nSPS) is 22.9. The van der Waals surface area contributed by atoms with Gasteiger partial charge in [-0.1, -0.05) is 6.07 Å². The number of morpholine rings is 1. The molecule has 3 rings (SSSR count). The molecule has 0 aliphatic carbocycles. The second-order valence-electron chi connectivity index (χ2n) is 6.93. The van der Waals surface area contributed by atoms with Gasteiger partial charge in [0.05, 0.1) is 24.7 Å². The first-order chi connectivity index (χ1) is 14.5. The molecule has 1 atom stereocenters. The van der Waals surface area contributed by atoms with Gasteiger partial charge in [-0.05, 0) is 24.3 Å². The fraction of sp³-hybridized carbons (Fsp3) is 0.500.